The highest BCUT2D eigenvalue weighted by atomic mass is 19.3. The molecule has 9 aromatic heterocycles. The Morgan fingerprint density at radius 2 is 0.942 bits per heavy atom. The van der Waals surface area contributed by atoms with Gasteiger partial charge < -0.3 is 34.4 Å². The van der Waals surface area contributed by atoms with Gasteiger partial charge in [-0.3, -0.25) is 28.4 Å². The molecule has 3 aliphatic rings. The Hall–Kier alpha value is -8.72. The molecule has 3 atom stereocenters. The fourth-order valence-corrected chi connectivity index (χ4v) is 11.3. The van der Waals surface area contributed by atoms with E-state index in [1.165, 1.54) is 27.9 Å². The molecule has 0 bridgehead atoms. The van der Waals surface area contributed by atoms with Crippen LogP contribution in [0.1, 0.15) is 97.8 Å². The van der Waals surface area contributed by atoms with E-state index in [0.717, 1.165) is 35.4 Å². The summed E-state index contributed by atoms with van der Waals surface area (Å²) in [6, 6.07) is 5.62. The van der Waals surface area contributed by atoms with E-state index < -0.39 is 23.7 Å². The molecule has 86 heavy (non-hydrogen) atoms. The lowest BCUT2D eigenvalue weighted by molar-refractivity contribution is -0.144. The molecule has 456 valence electrons. The second-order valence-corrected chi connectivity index (χ2v) is 22.5. The van der Waals surface area contributed by atoms with Crippen molar-refractivity contribution in [3.05, 3.63) is 92.6 Å². The van der Waals surface area contributed by atoms with Crippen LogP contribution in [-0.4, -0.2) is 115 Å². The van der Waals surface area contributed by atoms with Crippen molar-refractivity contribution >= 4 is 85.5 Å². The summed E-state index contributed by atoms with van der Waals surface area (Å²) in [4.78, 5) is 60.4. The zero-order valence-corrected chi connectivity index (χ0v) is 47.9. The van der Waals surface area contributed by atoms with E-state index in [1.807, 2.05) is 39.7 Å². The maximum atomic E-state index is 14.2. The minimum atomic E-state index is -2.63. The van der Waals surface area contributed by atoms with E-state index in [9.17, 15) is 40.7 Å². The highest BCUT2D eigenvalue weighted by molar-refractivity contribution is 5.79. The lowest BCUT2D eigenvalue weighted by atomic mass is 9.85. The highest BCUT2D eigenvalue weighted by Crippen LogP contribution is 2.41. The fourth-order valence-electron chi connectivity index (χ4n) is 11.3. The van der Waals surface area contributed by atoms with Crippen LogP contribution >= 0.6 is 0 Å². The summed E-state index contributed by atoms with van der Waals surface area (Å²) in [5, 5.41) is 24.0. The van der Waals surface area contributed by atoms with E-state index in [2.05, 4.69) is 61.2 Å². The Morgan fingerprint density at radius 3 is 1.33 bits per heavy atom. The number of esters is 1. The van der Waals surface area contributed by atoms with Crippen LogP contribution in [0.2, 0.25) is 0 Å². The first-order valence-corrected chi connectivity index (χ1v) is 28.8. The largest absolute Gasteiger partial charge is 0.465 e. The average molecular weight is 1200 g/mol. The SMILES string of the molecule is CC(=O)Cn1cc(Nc2ncc3ccn(CC4CCCC(F)(F)C4)c3n2)cn1.CC(=O)Cn1cc(Nc2ncc3ccn(CC4CCCCC4(F)F)c3n2)cn1.CCOC(=O)Cn1cc(Nc2ncc3ccn(CC4CCCC(F)(F)C4)c3n2)cn1. The normalized spacial score (nSPS) is 18.8. The van der Waals surface area contributed by atoms with Crippen molar-refractivity contribution in [2.24, 2.45) is 17.8 Å². The number of halogens is 6. The van der Waals surface area contributed by atoms with Gasteiger partial charge in [0, 0.05) is 130 Å². The Labute approximate surface area is 490 Å². The number of alkyl halides is 6. The van der Waals surface area contributed by atoms with Gasteiger partial charge in [-0.05, 0) is 89.3 Å². The number of fused-ring (bicyclic) bond motifs is 3. The molecule has 28 heteroatoms. The van der Waals surface area contributed by atoms with Gasteiger partial charge in [0.2, 0.25) is 29.7 Å². The lowest BCUT2D eigenvalue weighted by Crippen LogP contribution is -2.34. The number of Topliss-reactive ketones (excluding diaryl/α,β-unsaturated/α-hetero) is 2. The van der Waals surface area contributed by atoms with Crippen molar-refractivity contribution in [1.82, 2.24) is 72.9 Å². The number of ether oxygens (including phenoxy) is 1. The van der Waals surface area contributed by atoms with Crippen molar-refractivity contribution in [3.8, 4) is 0 Å². The summed E-state index contributed by atoms with van der Waals surface area (Å²) in [6.07, 6.45) is 24.8. The molecule has 0 saturated heterocycles. The number of hydrogen-bond donors (Lipinski definition) is 3. The van der Waals surface area contributed by atoms with Crippen molar-refractivity contribution in [2.75, 3.05) is 22.6 Å². The van der Waals surface area contributed by atoms with Crippen LogP contribution < -0.4 is 16.0 Å². The Kier molecular flexibility index (Phi) is 18.5. The summed E-state index contributed by atoms with van der Waals surface area (Å²) < 4.78 is 98.4. The van der Waals surface area contributed by atoms with E-state index in [1.54, 1.807) is 73.5 Å². The molecule has 3 aliphatic carbocycles. The maximum absolute atomic E-state index is 14.2. The van der Waals surface area contributed by atoms with Gasteiger partial charge in [-0.2, -0.15) is 30.2 Å². The van der Waals surface area contributed by atoms with Gasteiger partial charge in [0.05, 0.1) is 55.3 Å². The lowest BCUT2D eigenvalue weighted by Gasteiger charge is -2.31. The predicted molar refractivity (Wildman–Crippen MR) is 308 cm³/mol. The number of hydrogen-bond acceptors (Lipinski definition) is 16. The van der Waals surface area contributed by atoms with E-state index in [0.29, 0.717) is 97.2 Å². The van der Waals surface area contributed by atoms with Crippen molar-refractivity contribution in [2.45, 2.75) is 155 Å². The minimum absolute atomic E-state index is 0.00432. The Morgan fingerprint density at radius 1 is 0.535 bits per heavy atom. The van der Waals surface area contributed by atoms with Crippen LogP contribution in [0.25, 0.3) is 33.1 Å². The molecular formula is C58H68F6N18O4. The Balaban J connectivity index is 0.000000143. The van der Waals surface area contributed by atoms with Gasteiger partial charge in [0.1, 0.15) is 23.5 Å². The van der Waals surface area contributed by atoms with Gasteiger partial charge in [-0.15, -0.1) is 0 Å². The van der Waals surface area contributed by atoms with E-state index >= 15 is 0 Å². The second-order valence-electron chi connectivity index (χ2n) is 22.5. The number of anilines is 6. The number of carbonyl (C=O) groups excluding carboxylic acids is 3. The predicted octanol–water partition coefficient (Wildman–Crippen LogP) is 11.3. The van der Waals surface area contributed by atoms with Gasteiger partial charge in [-0.25, -0.2) is 41.3 Å². The van der Waals surface area contributed by atoms with Gasteiger partial charge in [0.15, 0.2) is 11.6 Å². The van der Waals surface area contributed by atoms with E-state index in [-0.39, 0.29) is 87.7 Å². The highest BCUT2D eigenvalue weighted by Gasteiger charge is 2.42. The third kappa shape index (κ3) is 16.0. The van der Waals surface area contributed by atoms with Crippen LogP contribution in [0.3, 0.4) is 0 Å². The molecule has 0 amide bonds. The molecule has 3 N–H and O–H groups in total. The monoisotopic (exact) mass is 1190 g/mol. The molecule has 9 aromatic rings. The van der Waals surface area contributed by atoms with Gasteiger partial charge in [-0.1, -0.05) is 6.42 Å². The first kappa shape index (κ1) is 60.4. The molecular weight excluding hydrogens is 1130 g/mol. The van der Waals surface area contributed by atoms with E-state index in [4.69, 9.17) is 4.74 Å². The molecule has 22 nitrogen and oxygen atoms in total. The summed E-state index contributed by atoms with van der Waals surface area (Å²) in [5.74, 6) is -7.81. The fraction of sp³-hybridized carbons (Fsp3) is 0.483. The third-order valence-corrected chi connectivity index (χ3v) is 15.3. The molecule has 0 aliphatic heterocycles. The Bertz CT molecular complexity index is 3790. The molecule has 3 fully saturated rings. The zero-order chi connectivity index (χ0) is 60.6. The second kappa shape index (κ2) is 26.3. The van der Waals surface area contributed by atoms with Crippen LogP contribution in [0.4, 0.5) is 61.2 Å². The first-order chi connectivity index (χ1) is 41.2. The average Bonchev–Trinajstić information content (AvgIpc) is 2.50. The molecule has 0 spiro atoms. The molecule has 12 rings (SSSR count). The van der Waals surface area contributed by atoms with Crippen molar-refractivity contribution < 1.29 is 45.5 Å². The number of rotatable bonds is 19. The summed E-state index contributed by atoms with van der Waals surface area (Å²) in [7, 11) is 0. The number of nitrogens with one attached hydrogen (secondary N) is 3. The standard InChI is InChI=1S/C20H24F2N6O2.2C19H22F2N6O/c1-2-30-17(29)13-28-12-16(10-24-28)25-19-23-9-15-5-7-27(18(15)26-19)11-14-4-3-6-20(21,22)8-14;1-13(28)10-27-12-16(9-23-27)24-18-22-8-15-4-6-26(17(15)25-18)11-14-3-2-5-19(20,21)7-14;1-13(28)10-27-12-16(9-23-27)24-18-22-8-14-5-7-26(17(14)25-18)11-15-4-2-3-6-19(15,20)21/h5,7,9-10,12,14H,2-4,6,8,11,13H2,1H3,(H,23,25,26);4,6,8-9,12,14H,2-3,5,7,10-11H2,1H3,(H,22,24,25);5,7-9,12,15H,2-4,6,10-11H2,1H3,(H,22,24,25). The number of carbonyl (C=O) groups is 3. The summed E-state index contributed by atoms with van der Waals surface area (Å²) >= 11 is 0. The smallest absolute Gasteiger partial charge is 0.327 e. The minimum Gasteiger partial charge on any atom is -0.465 e. The molecule has 0 aromatic carbocycles. The van der Waals surface area contributed by atoms with Crippen molar-refractivity contribution in [3.63, 3.8) is 0 Å². The molecule has 3 saturated carbocycles. The van der Waals surface area contributed by atoms with Crippen LogP contribution in [0.5, 0.6) is 0 Å². The number of aromatic nitrogens is 15. The third-order valence-electron chi connectivity index (χ3n) is 15.3. The first-order valence-electron chi connectivity index (χ1n) is 28.8. The summed E-state index contributed by atoms with van der Waals surface area (Å²) in [6.45, 7) is 6.75. The molecule has 0 radical (unpaired) electrons. The quantitative estimate of drug-likeness (QED) is 0.0503. The maximum Gasteiger partial charge on any atom is 0.327 e. The topological polar surface area (TPSA) is 242 Å². The zero-order valence-electron chi connectivity index (χ0n) is 47.9. The summed E-state index contributed by atoms with van der Waals surface area (Å²) in [5.41, 5.74) is 3.98. The van der Waals surface area contributed by atoms with Gasteiger partial charge in [0.25, 0.3) is 5.92 Å². The molecule has 3 unspecified atom stereocenters. The molecule has 9 heterocycles. The number of ketones is 2. The van der Waals surface area contributed by atoms with Crippen LogP contribution in [0, 0.1) is 17.8 Å². The van der Waals surface area contributed by atoms with Gasteiger partial charge >= 0.3 is 5.97 Å². The number of nitrogens with zero attached hydrogens (tertiary/aromatic N) is 15. The van der Waals surface area contributed by atoms with Crippen molar-refractivity contribution in [1.29, 1.82) is 0 Å². The van der Waals surface area contributed by atoms with Crippen LogP contribution in [-0.2, 0) is 58.4 Å². The van der Waals surface area contributed by atoms with Crippen LogP contribution in [0.15, 0.2) is 92.6 Å².